The molecule has 0 aliphatic carbocycles. The van der Waals surface area contributed by atoms with Gasteiger partial charge in [0.05, 0.1) is 24.8 Å². The highest BCUT2D eigenvalue weighted by molar-refractivity contribution is 6.30. The number of carbonyl (C=O) groups excluding carboxylic acids is 2. The maximum atomic E-state index is 13.0. The first-order valence-electron chi connectivity index (χ1n) is 10.8. The summed E-state index contributed by atoms with van der Waals surface area (Å²) in [6, 6.07) is 13.8. The van der Waals surface area contributed by atoms with Gasteiger partial charge in [0.2, 0.25) is 5.78 Å². The molecule has 7 nitrogen and oxygen atoms in total. The molecule has 0 saturated heterocycles. The molecule has 3 aromatic carbocycles. The third-order valence-electron chi connectivity index (χ3n) is 5.72. The normalized spacial score (nSPS) is 15.2. The molecule has 5 rings (SSSR count). The maximum absolute atomic E-state index is 13.0. The van der Waals surface area contributed by atoms with Gasteiger partial charge in [-0.3, -0.25) is 4.79 Å². The largest absolute Gasteiger partial charge is 0.489 e. The number of hydrogen-bond acceptors (Lipinski definition) is 7. The van der Waals surface area contributed by atoms with E-state index in [4.69, 9.17) is 35.3 Å². The number of Topliss-reactive ketones (excluding diaryl/α,β-unsaturated/α-hetero) is 1. The van der Waals surface area contributed by atoms with E-state index in [0.717, 1.165) is 22.3 Å². The van der Waals surface area contributed by atoms with Gasteiger partial charge in [0, 0.05) is 22.2 Å². The Balaban J connectivity index is 1.35. The average Bonchev–Trinajstić information content (AvgIpc) is 3.17. The molecule has 0 spiro atoms. The lowest BCUT2D eigenvalue weighted by Crippen LogP contribution is -2.14. The number of esters is 1. The van der Waals surface area contributed by atoms with Crippen LogP contribution in [0.5, 0.6) is 17.2 Å². The number of fused-ring (bicyclic) bond motifs is 2. The molecule has 2 heterocycles. The van der Waals surface area contributed by atoms with Crippen LogP contribution in [0.15, 0.2) is 54.3 Å². The average molecular weight is 493 g/mol. The van der Waals surface area contributed by atoms with E-state index in [1.807, 2.05) is 13.0 Å². The lowest BCUT2D eigenvalue weighted by Gasteiger charge is -2.21. The number of carbonyl (C=O) groups is 2. The minimum Gasteiger partial charge on any atom is -0.489 e. The molecule has 35 heavy (non-hydrogen) atoms. The summed E-state index contributed by atoms with van der Waals surface area (Å²) in [6.45, 7) is 2.67. The Morgan fingerprint density at radius 2 is 1.94 bits per heavy atom. The van der Waals surface area contributed by atoms with Crippen LogP contribution in [-0.4, -0.2) is 25.7 Å². The van der Waals surface area contributed by atoms with Crippen molar-refractivity contribution < 1.29 is 33.3 Å². The number of ether oxygens (including phenoxy) is 5. The van der Waals surface area contributed by atoms with Crippen molar-refractivity contribution in [3.8, 4) is 17.2 Å². The van der Waals surface area contributed by atoms with Crippen molar-refractivity contribution in [2.45, 2.75) is 20.1 Å². The van der Waals surface area contributed by atoms with Crippen LogP contribution in [0.2, 0.25) is 5.02 Å². The number of hydrogen-bond donors (Lipinski definition) is 0. The van der Waals surface area contributed by atoms with E-state index in [2.05, 4.69) is 0 Å². The fraction of sp³-hybridized carbons (Fsp3) is 0.185. The van der Waals surface area contributed by atoms with Crippen LogP contribution in [0.25, 0.3) is 6.08 Å². The van der Waals surface area contributed by atoms with Crippen LogP contribution in [-0.2, 0) is 22.7 Å². The molecule has 0 radical (unpaired) electrons. The second-order valence-corrected chi connectivity index (χ2v) is 8.56. The molecule has 0 amide bonds. The van der Waals surface area contributed by atoms with Crippen molar-refractivity contribution in [1.82, 2.24) is 0 Å². The van der Waals surface area contributed by atoms with E-state index in [0.29, 0.717) is 40.0 Å². The van der Waals surface area contributed by atoms with Crippen LogP contribution in [0.3, 0.4) is 0 Å². The molecule has 0 aromatic heterocycles. The van der Waals surface area contributed by atoms with Gasteiger partial charge in [-0.15, -0.1) is 0 Å². The van der Waals surface area contributed by atoms with Crippen LogP contribution < -0.4 is 14.2 Å². The molecule has 0 bridgehead atoms. The minimum absolute atomic E-state index is 0.177. The number of methoxy groups -OCH3 is 1. The minimum atomic E-state index is -0.425. The van der Waals surface area contributed by atoms with Crippen molar-refractivity contribution in [2.24, 2.45) is 0 Å². The van der Waals surface area contributed by atoms with E-state index >= 15 is 0 Å². The lowest BCUT2D eigenvalue weighted by atomic mass is 10.0. The molecule has 0 unspecified atom stereocenters. The summed E-state index contributed by atoms with van der Waals surface area (Å²) in [5.74, 6) is 1.26. The van der Waals surface area contributed by atoms with Crippen LogP contribution >= 0.6 is 11.6 Å². The highest BCUT2D eigenvalue weighted by Gasteiger charge is 2.30. The third kappa shape index (κ3) is 4.60. The summed E-state index contributed by atoms with van der Waals surface area (Å²) in [7, 11) is 1.33. The second-order valence-electron chi connectivity index (χ2n) is 8.12. The molecule has 0 fully saturated rings. The first-order valence-corrected chi connectivity index (χ1v) is 11.2. The van der Waals surface area contributed by atoms with Gasteiger partial charge in [0.15, 0.2) is 12.6 Å². The van der Waals surface area contributed by atoms with Crippen LogP contribution in [0, 0.1) is 6.92 Å². The summed E-state index contributed by atoms with van der Waals surface area (Å²) in [5, 5.41) is 0.574. The molecular formula is C27H21ClO7. The Labute approximate surface area is 206 Å². The zero-order valence-corrected chi connectivity index (χ0v) is 19.8. The summed E-state index contributed by atoms with van der Waals surface area (Å²) in [4.78, 5) is 24.6. The summed E-state index contributed by atoms with van der Waals surface area (Å²) < 4.78 is 27.6. The highest BCUT2D eigenvalue weighted by atomic mass is 35.5. The van der Waals surface area contributed by atoms with Crippen molar-refractivity contribution in [3.05, 3.63) is 92.7 Å². The first-order chi connectivity index (χ1) is 16.9. The van der Waals surface area contributed by atoms with E-state index < -0.39 is 5.97 Å². The first kappa shape index (κ1) is 23.0. The summed E-state index contributed by atoms with van der Waals surface area (Å²) in [5.41, 5.74) is 4.06. The Hall–Kier alpha value is -3.81. The van der Waals surface area contributed by atoms with Crippen molar-refractivity contribution in [3.63, 3.8) is 0 Å². The lowest BCUT2D eigenvalue weighted by molar-refractivity contribution is -0.0175. The SMILES string of the molecule is COC(=O)c1ccc(/C=C2\Oc3cc(OCc4cc(Cl)cc5c4OCOC5)cc(C)c3C2=O)cc1. The number of rotatable bonds is 5. The maximum Gasteiger partial charge on any atom is 0.337 e. The number of halogens is 1. The third-order valence-corrected chi connectivity index (χ3v) is 5.94. The topological polar surface area (TPSA) is 80.3 Å². The van der Waals surface area contributed by atoms with E-state index in [1.165, 1.54) is 7.11 Å². The Bertz CT molecular complexity index is 1360. The quantitative estimate of drug-likeness (QED) is 0.344. The van der Waals surface area contributed by atoms with Crippen LogP contribution in [0.1, 0.15) is 43.0 Å². The summed E-state index contributed by atoms with van der Waals surface area (Å²) in [6.07, 6.45) is 1.64. The number of benzene rings is 3. The Kier molecular flexibility index (Phi) is 6.19. The van der Waals surface area contributed by atoms with Crippen molar-refractivity contribution >= 4 is 29.4 Å². The summed E-state index contributed by atoms with van der Waals surface area (Å²) >= 11 is 6.24. The van der Waals surface area contributed by atoms with Gasteiger partial charge < -0.3 is 23.7 Å². The standard InChI is InChI=1S/C27H21ClO7/c1-15-7-21(33-13-19-10-20(28)9-18-12-32-14-34-26(18)19)11-22-24(15)25(29)23(35-22)8-16-3-5-17(6-4-16)27(30)31-2/h3-11H,12-14H2,1-2H3/b23-8-. The second kappa shape index (κ2) is 9.44. The van der Waals surface area contributed by atoms with Gasteiger partial charge in [-0.2, -0.15) is 0 Å². The molecule has 0 saturated carbocycles. The molecule has 8 heteroatoms. The van der Waals surface area contributed by atoms with Crippen molar-refractivity contribution in [1.29, 1.82) is 0 Å². The van der Waals surface area contributed by atoms with Gasteiger partial charge in [-0.25, -0.2) is 4.79 Å². The van der Waals surface area contributed by atoms with E-state index in [-0.39, 0.29) is 24.9 Å². The highest BCUT2D eigenvalue weighted by Crippen LogP contribution is 2.38. The van der Waals surface area contributed by atoms with Gasteiger partial charge >= 0.3 is 5.97 Å². The molecule has 178 valence electrons. The Morgan fingerprint density at radius 1 is 1.14 bits per heavy atom. The van der Waals surface area contributed by atoms with Gasteiger partial charge in [0.1, 0.15) is 23.9 Å². The number of allylic oxidation sites excluding steroid dienone is 1. The number of ketones is 1. The fourth-order valence-corrected chi connectivity index (χ4v) is 4.33. The Morgan fingerprint density at radius 3 is 2.71 bits per heavy atom. The molecule has 3 aromatic rings. The molecule has 0 atom stereocenters. The van der Waals surface area contributed by atoms with Gasteiger partial charge in [0.25, 0.3) is 0 Å². The zero-order valence-electron chi connectivity index (χ0n) is 19.1. The van der Waals surface area contributed by atoms with E-state index in [1.54, 1.807) is 48.5 Å². The van der Waals surface area contributed by atoms with Gasteiger partial charge in [-0.05, 0) is 54.5 Å². The monoisotopic (exact) mass is 492 g/mol. The van der Waals surface area contributed by atoms with Crippen LogP contribution in [0.4, 0.5) is 0 Å². The molecule has 0 N–H and O–H groups in total. The van der Waals surface area contributed by atoms with Gasteiger partial charge in [-0.1, -0.05) is 23.7 Å². The molecule has 2 aliphatic rings. The number of aryl methyl sites for hydroxylation is 1. The smallest absolute Gasteiger partial charge is 0.337 e. The fourth-order valence-electron chi connectivity index (χ4n) is 4.07. The molecular weight excluding hydrogens is 472 g/mol. The van der Waals surface area contributed by atoms with Crippen molar-refractivity contribution in [2.75, 3.05) is 13.9 Å². The predicted molar refractivity (Wildman–Crippen MR) is 128 cm³/mol. The predicted octanol–water partition coefficient (Wildman–Crippen LogP) is 5.50. The zero-order chi connectivity index (χ0) is 24.5. The van der Waals surface area contributed by atoms with E-state index in [9.17, 15) is 9.59 Å². The molecule has 2 aliphatic heterocycles.